The van der Waals surface area contributed by atoms with E-state index in [1.807, 2.05) is 0 Å². The van der Waals surface area contributed by atoms with E-state index in [1.54, 1.807) is 13.8 Å². The van der Waals surface area contributed by atoms with Gasteiger partial charge in [0.15, 0.2) is 5.96 Å². The van der Waals surface area contributed by atoms with E-state index in [0.29, 0.717) is 6.42 Å². The molecular weight excluding hydrogens is 348 g/mol. The lowest BCUT2D eigenvalue weighted by Gasteiger charge is -2.25. The van der Waals surface area contributed by atoms with Crippen molar-refractivity contribution in [3.8, 4) is 0 Å². The number of aliphatic carboxylic acids is 1. The molecule has 0 saturated carbocycles. The van der Waals surface area contributed by atoms with Crippen LogP contribution in [0.25, 0.3) is 0 Å². The van der Waals surface area contributed by atoms with Gasteiger partial charge in [0.05, 0.1) is 6.04 Å². The number of amides is 2. The number of nitrogens with zero attached hydrogens (tertiary/aromatic N) is 1. The Bertz CT molecular complexity index is 496. The monoisotopic (exact) mass is 376 g/mol. The van der Waals surface area contributed by atoms with Crippen molar-refractivity contribution in [2.24, 2.45) is 28.1 Å². The van der Waals surface area contributed by atoms with Gasteiger partial charge in [-0.05, 0) is 18.8 Å². The Morgan fingerprint density at radius 3 is 2.20 bits per heavy atom. The molecule has 0 aromatic carbocycles. The molecular formula is C14H28N6O4S. The summed E-state index contributed by atoms with van der Waals surface area (Å²) in [7, 11) is 0. The van der Waals surface area contributed by atoms with Gasteiger partial charge >= 0.3 is 5.97 Å². The quantitative estimate of drug-likeness (QED) is 0.0940. The molecule has 0 fully saturated rings. The van der Waals surface area contributed by atoms with Crippen LogP contribution >= 0.6 is 12.6 Å². The summed E-state index contributed by atoms with van der Waals surface area (Å²) in [5.74, 6) is -2.52. The second-order valence-corrected chi connectivity index (χ2v) is 6.23. The van der Waals surface area contributed by atoms with Crippen LogP contribution in [0.2, 0.25) is 0 Å². The first-order valence-electron chi connectivity index (χ1n) is 7.85. The minimum atomic E-state index is -1.18. The minimum Gasteiger partial charge on any atom is -0.480 e. The number of carboxylic acid groups (broad SMARTS) is 1. The lowest BCUT2D eigenvalue weighted by Crippen LogP contribution is -2.56. The summed E-state index contributed by atoms with van der Waals surface area (Å²) in [5.41, 5.74) is 16.0. The predicted molar refractivity (Wildman–Crippen MR) is 98.1 cm³/mol. The second kappa shape index (κ2) is 11.5. The minimum absolute atomic E-state index is 0.0842. The normalized spacial score (nSPS) is 14.3. The summed E-state index contributed by atoms with van der Waals surface area (Å²) in [6.45, 7) is 3.71. The first-order chi connectivity index (χ1) is 11.6. The van der Waals surface area contributed by atoms with Crippen LogP contribution in [0.4, 0.5) is 0 Å². The molecule has 0 radical (unpaired) electrons. The first-order valence-corrected chi connectivity index (χ1v) is 8.48. The van der Waals surface area contributed by atoms with E-state index < -0.39 is 35.9 Å². The Hall–Kier alpha value is -2.01. The number of guanidine groups is 1. The van der Waals surface area contributed by atoms with Gasteiger partial charge < -0.3 is 32.9 Å². The van der Waals surface area contributed by atoms with Crippen molar-refractivity contribution >= 4 is 36.4 Å². The molecule has 144 valence electrons. The van der Waals surface area contributed by atoms with Crippen LogP contribution in [-0.4, -0.2) is 59.3 Å². The molecule has 25 heavy (non-hydrogen) atoms. The van der Waals surface area contributed by atoms with E-state index in [4.69, 9.17) is 17.2 Å². The van der Waals surface area contributed by atoms with E-state index in [1.165, 1.54) is 0 Å². The number of rotatable bonds is 11. The third-order valence-electron chi connectivity index (χ3n) is 3.34. The molecule has 0 aromatic rings. The van der Waals surface area contributed by atoms with Crippen molar-refractivity contribution in [1.29, 1.82) is 0 Å². The van der Waals surface area contributed by atoms with Crippen molar-refractivity contribution in [2.45, 2.75) is 44.8 Å². The molecule has 11 heteroatoms. The fourth-order valence-electron chi connectivity index (χ4n) is 1.90. The summed E-state index contributed by atoms with van der Waals surface area (Å²) in [5, 5.41) is 14.2. The lowest BCUT2D eigenvalue weighted by atomic mass is 10.0. The van der Waals surface area contributed by atoms with Crippen LogP contribution < -0.4 is 27.8 Å². The van der Waals surface area contributed by atoms with Crippen LogP contribution in [0.1, 0.15) is 26.7 Å². The molecule has 0 saturated heterocycles. The number of carbonyl (C=O) groups excluding carboxylic acids is 2. The Morgan fingerprint density at radius 2 is 1.76 bits per heavy atom. The van der Waals surface area contributed by atoms with Crippen LogP contribution in [0.5, 0.6) is 0 Å². The van der Waals surface area contributed by atoms with Gasteiger partial charge in [0.2, 0.25) is 11.8 Å². The molecule has 0 spiro atoms. The van der Waals surface area contributed by atoms with Crippen molar-refractivity contribution in [3.05, 3.63) is 0 Å². The van der Waals surface area contributed by atoms with Gasteiger partial charge in [-0.25, -0.2) is 4.79 Å². The van der Waals surface area contributed by atoms with Crippen molar-refractivity contribution in [3.63, 3.8) is 0 Å². The molecule has 10 nitrogen and oxygen atoms in total. The molecule has 0 heterocycles. The standard InChI is InChI=1S/C14H28N6O4S/c1-7(2)10(20-11(21)8(15)6-25)12(22)19-9(13(23)24)4-3-5-18-14(16)17/h7-10,25H,3-6,15H2,1-2H3,(H,19,22)(H,20,21)(H,23,24)(H4,16,17,18)/t8-,9-,10-/m0/s1. The predicted octanol–water partition coefficient (Wildman–Crippen LogP) is -1.99. The number of carbonyl (C=O) groups is 3. The van der Waals surface area contributed by atoms with Gasteiger partial charge in [-0.15, -0.1) is 0 Å². The lowest BCUT2D eigenvalue weighted by molar-refractivity contribution is -0.142. The first kappa shape index (κ1) is 23.0. The fraction of sp³-hybridized carbons (Fsp3) is 0.714. The topological polar surface area (TPSA) is 186 Å². The Balaban J connectivity index is 4.83. The van der Waals surface area contributed by atoms with Crippen molar-refractivity contribution < 1.29 is 19.5 Å². The van der Waals surface area contributed by atoms with Crippen LogP contribution in [-0.2, 0) is 14.4 Å². The van der Waals surface area contributed by atoms with Gasteiger partial charge in [-0.2, -0.15) is 12.6 Å². The molecule has 2 amide bonds. The zero-order chi connectivity index (χ0) is 19.6. The molecule has 0 unspecified atom stereocenters. The number of nitrogens with two attached hydrogens (primary N) is 3. The molecule has 9 N–H and O–H groups in total. The van der Waals surface area contributed by atoms with E-state index >= 15 is 0 Å². The molecule has 0 aliphatic carbocycles. The highest BCUT2D eigenvalue weighted by molar-refractivity contribution is 7.80. The van der Waals surface area contributed by atoms with Crippen molar-refractivity contribution in [2.75, 3.05) is 12.3 Å². The number of aliphatic imine (C=N–C) groups is 1. The molecule has 0 aromatic heterocycles. The van der Waals surface area contributed by atoms with E-state index in [-0.39, 0.29) is 30.6 Å². The van der Waals surface area contributed by atoms with Crippen LogP contribution in [0.15, 0.2) is 4.99 Å². The number of nitrogens with one attached hydrogen (secondary N) is 2. The third kappa shape index (κ3) is 9.15. The second-order valence-electron chi connectivity index (χ2n) is 5.87. The number of thiol groups is 1. The Labute approximate surface area is 152 Å². The van der Waals surface area contributed by atoms with E-state index in [2.05, 4.69) is 28.3 Å². The van der Waals surface area contributed by atoms with Gasteiger partial charge in [0.1, 0.15) is 12.1 Å². The summed E-state index contributed by atoms with van der Waals surface area (Å²) < 4.78 is 0. The fourth-order valence-corrected chi connectivity index (χ4v) is 2.07. The summed E-state index contributed by atoms with van der Waals surface area (Å²) >= 11 is 3.93. The highest BCUT2D eigenvalue weighted by Gasteiger charge is 2.29. The maximum Gasteiger partial charge on any atom is 0.326 e. The summed E-state index contributed by atoms with van der Waals surface area (Å²) in [4.78, 5) is 39.3. The van der Waals surface area contributed by atoms with E-state index in [9.17, 15) is 19.5 Å². The van der Waals surface area contributed by atoms with Gasteiger partial charge in [-0.3, -0.25) is 14.6 Å². The molecule has 0 bridgehead atoms. The van der Waals surface area contributed by atoms with Crippen molar-refractivity contribution in [1.82, 2.24) is 10.6 Å². The summed E-state index contributed by atoms with van der Waals surface area (Å²) in [6.07, 6.45) is 0.519. The smallest absolute Gasteiger partial charge is 0.326 e. The molecule has 0 aliphatic heterocycles. The van der Waals surface area contributed by atoms with Gasteiger partial charge in [0, 0.05) is 12.3 Å². The maximum atomic E-state index is 12.4. The van der Waals surface area contributed by atoms with Crippen LogP contribution in [0.3, 0.4) is 0 Å². The molecule has 0 rings (SSSR count). The number of hydrogen-bond acceptors (Lipinski definition) is 6. The maximum absolute atomic E-state index is 12.4. The number of carboxylic acids is 1. The third-order valence-corrected chi connectivity index (χ3v) is 3.73. The van der Waals surface area contributed by atoms with E-state index in [0.717, 1.165) is 0 Å². The highest BCUT2D eigenvalue weighted by Crippen LogP contribution is 2.05. The molecule has 3 atom stereocenters. The highest BCUT2D eigenvalue weighted by atomic mass is 32.1. The Morgan fingerprint density at radius 1 is 1.16 bits per heavy atom. The average Bonchev–Trinajstić information content (AvgIpc) is 2.53. The van der Waals surface area contributed by atoms with Gasteiger partial charge in [0.25, 0.3) is 0 Å². The summed E-state index contributed by atoms with van der Waals surface area (Å²) in [6, 6.07) is -2.87. The largest absolute Gasteiger partial charge is 0.480 e. The zero-order valence-electron chi connectivity index (χ0n) is 14.4. The zero-order valence-corrected chi connectivity index (χ0v) is 15.3. The number of hydrogen-bond donors (Lipinski definition) is 7. The van der Waals surface area contributed by atoms with Gasteiger partial charge in [-0.1, -0.05) is 13.8 Å². The SMILES string of the molecule is CC(C)[C@H](NC(=O)[C@@H](N)CS)C(=O)N[C@@H](CCCN=C(N)N)C(=O)O. The van der Waals surface area contributed by atoms with Crippen LogP contribution in [0, 0.1) is 5.92 Å². The Kier molecular flexibility index (Phi) is 10.6. The average molecular weight is 376 g/mol. The molecule has 0 aliphatic rings.